The van der Waals surface area contributed by atoms with Gasteiger partial charge in [0.15, 0.2) is 0 Å². The summed E-state index contributed by atoms with van der Waals surface area (Å²) < 4.78 is 0. The normalized spacial score (nSPS) is 15.9. The third kappa shape index (κ3) is 4.45. The number of hydrogen-bond acceptors (Lipinski definition) is 5. The molecule has 5 nitrogen and oxygen atoms in total. The fourth-order valence-electron chi connectivity index (χ4n) is 5.66. The molecule has 1 aliphatic rings. The number of nitrogens with zero attached hydrogens (tertiary/aromatic N) is 4. The first kappa shape index (κ1) is 24.9. The van der Waals surface area contributed by atoms with Crippen molar-refractivity contribution in [1.29, 1.82) is 0 Å². The number of hydrogen-bond donors (Lipinski definition) is 1. The van der Waals surface area contributed by atoms with Crippen molar-refractivity contribution in [2.75, 3.05) is 0 Å². The van der Waals surface area contributed by atoms with E-state index in [-0.39, 0.29) is 0 Å². The first-order valence-corrected chi connectivity index (χ1v) is 13.6. The first-order valence-electron chi connectivity index (χ1n) is 12.8. The van der Waals surface area contributed by atoms with Crippen molar-refractivity contribution >= 4 is 34.1 Å². The Labute approximate surface area is 231 Å². The Morgan fingerprint density at radius 2 is 1.55 bits per heavy atom. The molecule has 0 bridgehead atoms. The molecule has 0 amide bonds. The highest BCUT2D eigenvalue weighted by Gasteiger charge is 2.35. The average Bonchev–Trinajstić information content (AvgIpc) is 2.98. The van der Waals surface area contributed by atoms with Crippen molar-refractivity contribution in [1.82, 2.24) is 19.9 Å². The maximum Gasteiger partial charge on any atom is 0.142 e. The lowest BCUT2D eigenvalue weighted by atomic mass is 9.79. The molecule has 3 heterocycles. The maximum atomic E-state index is 12.4. The van der Waals surface area contributed by atoms with Gasteiger partial charge in [-0.05, 0) is 60.2 Å². The smallest absolute Gasteiger partial charge is 0.142 e. The molecule has 190 valence electrons. The van der Waals surface area contributed by atoms with Gasteiger partial charge in [-0.15, -0.1) is 0 Å². The van der Waals surface area contributed by atoms with Gasteiger partial charge in [-0.25, -0.2) is 15.0 Å². The quantitative estimate of drug-likeness (QED) is 0.247. The number of halogens is 2. The fraction of sp³-hybridized carbons (Fsp3) is 0.226. The average molecular weight is 541 g/mol. The van der Waals surface area contributed by atoms with E-state index in [9.17, 15) is 5.11 Å². The molecule has 1 unspecified atom stereocenters. The van der Waals surface area contributed by atoms with Gasteiger partial charge in [0.2, 0.25) is 0 Å². The topological polar surface area (TPSA) is 71.8 Å². The van der Waals surface area contributed by atoms with Gasteiger partial charge in [0.25, 0.3) is 0 Å². The number of benzene rings is 2. The summed E-state index contributed by atoms with van der Waals surface area (Å²) >= 11 is 13.6. The highest BCUT2D eigenvalue weighted by molar-refractivity contribution is 6.36. The third-order valence-electron chi connectivity index (χ3n) is 7.54. The molecule has 0 radical (unpaired) electrons. The zero-order chi connectivity index (χ0) is 26.1. The van der Waals surface area contributed by atoms with Crippen LogP contribution in [0.1, 0.15) is 60.3 Å². The molecule has 7 heteroatoms. The lowest BCUT2D eigenvalue weighted by Crippen LogP contribution is -2.29. The standard InChI is InChI=1S/C31H26Cl2N4O/c32-25-10-4-8-22(14-25)31(38,24-9-5-13-34-18-24)23-11-12-27-26(15-23)29(33)28(20-6-2-1-3-7-20)30(37-27)21-16-35-19-36-17-21/h4-5,8-20,38H,1-3,6-7H2. The molecule has 1 atom stereocenters. The van der Waals surface area contributed by atoms with Crippen molar-refractivity contribution in [3.63, 3.8) is 0 Å². The molecule has 1 saturated carbocycles. The summed E-state index contributed by atoms with van der Waals surface area (Å²) in [6.07, 6.45) is 14.2. The molecule has 1 N–H and O–H groups in total. The Hall–Kier alpha value is -3.38. The summed E-state index contributed by atoms with van der Waals surface area (Å²) in [4.78, 5) is 17.8. The van der Waals surface area contributed by atoms with Gasteiger partial charge >= 0.3 is 0 Å². The first-order chi connectivity index (χ1) is 18.6. The van der Waals surface area contributed by atoms with Gasteiger partial charge in [-0.2, -0.15) is 0 Å². The highest BCUT2D eigenvalue weighted by Crippen LogP contribution is 2.45. The molecular weight excluding hydrogens is 515 g/mol. The molecule has 5 aromatic rings. The van der Waals surface area contributed by atoms with Crippen molar-refractivity contribution in [2.24, 2.45) is 0 Å². The van der Waals surface area contributed by atoms with Crippen LogP contribution in [0.2, 0.25) is 10.0 Å². The van der Waals surface area contributed by atoms with Gasteiger partial charge in [-0.3, -0.25) is 4.98 Å². The van der Waals surface area contributed by atoms with Crippen LogP contribution in [0.15, 0.2) is 85.7 Å². The van der Waals surface area contributed by atoms with Gasteiger partial charge in [0.05, 0.1) is 16.2 Å². The Morgan fingerprint density at radius 3 is 2.29 bits per heavy atom. The second-order valence-corrected chi connectivity index (χ2v) is 10.7. The van der Waals surface area contributed by atoms with E-state index in [2.05, 4.69) is 15.0 Å². The van der Waals surface area contributed by atoms with Gasteiger partial charge < -0.3 is 5.11 Å². The fourth-order valence-corrected chi connectivity index (χ4v) is 6.25. The largest absolute Gasteiger partial charge is 0.376 e. The van der Waals surface area contributed by atoms with Crippen LogP contribution in [0.4, 0.5) is 0 Å². The highest BCUT2D eigenvalue weighted by atomic mass is 35.5. The van der Waals surface area contributed by atoms with Gasteiger partial charge in [0, 0.05) is 51.9 Å². The number of pyridine rings is 2. The van der Waals surface area contributed by atoms with E-state index < -0.39 is 5.60 Å². The van der Waals surface area contributed by atoms with E-state index in [0.717, 1.165) is 40.6 Å². The molecule has 0 saturated heterocycles. The Bertz CT molecular complexity index is 1590. The minimum atomic E-state index is -1.49. The van der Waals surface area contributed by atoms with E-state index in [1.54, 1.807) is 36.9 Å². The molecule has 2 aromatic carbocycles. The molecule has 38 heavy (non-hydrogen) atoms. The van der Waals surface area contributed by atoms with Gasteiger partial charge in [0.1, 0.15) is 11.9 Å². The van der Waals surface area contributed by atoms with Crippen molar-refractivity contribution in [2.45, 2.75) is 43.6 Å². The second kappa shape index (κ2) is 10.4. The summed E-state index contributed by atoms with van der Waals surface area (Å²) in [7, 11) is 0. The summed E-state index contributed by atoms with van der Waals surface area (Å²) in [5, 5.41) is 14.4. The molecule has 0 aliphatic heterocycles. The van der Waals surface area contributed by atoms with Crippen molar-refractivity contribution in [3.8, 4) is 11.3 Å². The van der Waals surface area contributed by atoms with E-state index in [0.29, 0.717) is 32.7 Å². The van der Waals surface area contributed by atoms with Crippen LogP contribution in [-0.2, 0) is 5.60 Å². The van der Waals surface area contributed by atoms with E-state index >= 15 is 0 Å². The summed E-state index contributed by atoms with van der Waals surface area (Å²) in [6.45, 7) is 0. The van der Waals surface area contributed by atoms with Crippen LogP contribution >= 0.6 is 23.2 Å². The lowest BCUT2D eigenvalue weighted by molar-refractivity contribution is 0.125. The molecule has 0 spiro atoms. The summed E-state index contributed by atoms with van der Waals surface area (Å²) in [5.74, 6) is 0.303. The number of fused-ring (bicyclic) bond motifs is 1. The Balaban J connectivity index is 1.60. The van der Waals surface area contributed by atoms with Crippen molar-refractivity contribution < 1.29 is 5.11 Å². The molecular formula is C31H26Cl2N4O. The monoisotopic (exact) mass is 540 g/mol. The minimum Gasteiger partial charge on any atom is -0.376 e. The van der Waals surface area contributed by atoms with Crippen LogP contribution in [0.25, 0.3) is 22.2 Å². The number of aromatic nitrogens is 4. The summed E-state index contributed by atoms with van der Waals surface area (Å²) in [6, 6.07) is 16.7. The zero-order valence-corrected chi connectivity index (χ0v) is 22.2. The predicted octanol–water partition coefficient (Wildman–Crippen LogP) is 7.73. The van der Waals surface area contributed by atoms with Crippen molar-refractivity contribution in [3.05, 3.63) is 118 Å². The Morgan fingerprint density at radius 1 is 0.789 bits per heavy atom. The summed E-state index contributed by atoms with van der Waals surface area (Å²) in [5.41, 5.74) is 3.92. The van der Waals surface area contributed by atoms with Gasteiger partial charge in [-0.1, -0.05) is 66.7 Å². The SMILES string of the molecule is OC(c1cccnc1)(c1cccc(Cl)c1)c1ccc2nc(-c3cncnc3)c(C3CCCCC3)c(Cl)c2c1. The Kier molecular flexibility index (Phi) is 6.83. The van der Waals surface area contributed by atoms with Crippen LogP contribution in [0.3, 0.4) is 0 Å². The zero-order valence-electron chi connectivity index (χ0n) is 20.7. The van der Waals surface area contributed by atoms with E-state index in [1.165, 1.54) is 25.6 Å². The second-order valence-electron chi connectivity index (χ2n) is 9.84. The molecule has 3 aromatic heterocycles. The third-order valence-corrected chi connectivity index (χ3v) is 8.19. The van der Waals surface area contributed by atoms with E-state index in [1.807, 2.05) is 42.5 Å². The molecule has 6 rings (SSSR count). The lowest BCUT2D eigenvalue weighted by Gasteiger charge is -2.30. The van der Waals surface area contributed by atoms with Crippen LogP contribution in [0.5, 0.6) is 0 Å². The van der Waals surface area contributed by atoms with Crippen LogP contribution in [-0.4, -0.2) is 25.0 Å². The number of rotatable bonds is 5. The van der Waals surface area contributed by atoms with Crippen LogP contribution < -0.4 is 0 Å². The predicted molar refractivity (Wildman–Crippen MR) is 151 cm³/mol. The number of aliphatic hydroxyl groups is 1. The molecule has 1 fully saturated rings. The molecule has 1 aliphatic carbocycles. The van der Waals surface area contributed by atoms with Crippen LogP contribution in [0, 0.1) is 0 Å². The van der Waals surface area contributed by atoms with E-state index in [4.69, 9.17) is 28.2 Å². The maximum absolute atomic E-state index is 12.4. The minimum absolute atomic E-state index is 0.303.